The molecule has 0 aromatic heterocycles. The van der Waals surface area contributed by atoms with Gasteiger partial charge in [0.1, 0.15) is 6.04 Å². The Hall–Kier alpha value is -1.84. The first-order chi connectivity index (χ1) is 12.4. The first-order valence-electron chi connectivity index (χ1n) is 9.84. The third kappa shape index (κ3) is 7.19. The molecule has 26 heavy (non-hydrogen) atoms. The number of hydrogen-bond acceptors (Lipinski definition) is 3. The van der Waals surface area contributed by atoms with Crippen molar-refractivity contribution in [3.05, 3.63) is 36.5 Å². The molecule has 0 aromatic carbocycles. The van der Waals surface area contributed by atoms with E-state index in [0.29, 0.717) is 24.9 Å². The second-order valence-electron chi connectivity index (χ2n) is 7.34. The SMILES string of the molecule is C=C/C(=C\C=C/C)C[C@@H](NC(=O)C1CCC(C(C)C)CC1)C(=O)OCC. The van der Waals surface area contributed by atoms with Gasteiger partial charge in [-0.25, -0.2) is 4.79 Å². The molecule has 1 N–H and O–H groups in total. The predicted molar refractivity (Wildman–Crippen MR) is 107 cm³/mol. The zero-order chi connectivity index (χ0) is 19.5. The van der Waals surface area contributed by atoms with Crippen molar-refractivity contribution in [3.8, 4) is 0 Å². The van der Waals surface area contributed by atoms with Crippen LogP contribution in [0.2, 0.25) is 0 Å². The predicted octanol–water partition coefficient (Wildman–Crippen LogP) is 4.58. The molecule has 1 saturated carbocycles. The van der Waals surface area contributed by atoms with Gasteiger partial charge in [-0.2, -0.15) is 0 Å². The number of amides is 1. The Labute approximate surface area is 158 Å². The first kappa shape index (κ1) is 22.2. The summed E-state index contributed by atoms with van der Waals surface area (Å²) in [6, 6.07) is -0.667. The van der Waals surface area contributed by atoms with Crippen molar-refractivity contribution in [3.63, 3.8) is 0 Å². The van der Waals surface area contributed by atoms with Crippen molar-refractivity contribution in [2.75, 3.05) is 6.61 Å². The molecule has 0 heterocycles. The minimum absolute atomic E-state index is 0.00590. The summed E-state index contributed by atoms with van der Waals surface area (Å²) >= 11 is 0. The van der Waals surface area contributed by atoms with Gasteiger partial charge in [0.25, 0.3) is 0 Å². The molecular formula is C22H35NO3. The minimum atomic E-state index is -0.667. The number of carbonyl (C=O) groups excluding carboxylic acids is 2. The molecule has 0 bridgehead atoms. The van der Waals surface area contributed by atoms with Gasteiger partial charge in [0.2, 0.25) is 5.91 Å². The summed E-state index contributed by atoms with van der Waals surface area (Å²) in [4.78, 5) is 25.0. The molecule has 1 atom stereocenters. The van der Waals surface area contributed by atoms with E-state index in [0.717, 1.165) is 31.3 Å². The van der Waals surface area contributed by atoms with Gasteiger partial charge in [-0.15, -0.1) is 0 Å². The van der Waals surface area contributed by atoms with Crippen molar-refractivity contribution < 1.29 is 14.3 Å². The number of esters is 1. The lowest BCUT2D eigenvalue weighted by molar-refractivity contribution is -0.148. The van der Waals surface area contributed by atoms with Gasteiger partial charge < -0.3 is 10.1 Å². The Bertz CT molecular complexity index is 526. The summed E-state index contributed by atoms with van der Waals surface area (Å²) in [5, 5.41) is 2.93. The lowest BCUT2D eigenvalue weighted by atomic mass is 9.76. The minimum Gasteiger partial charge on any atom is -0.464 e. The number of hydrogen-bond donors (Lipinski definition) is 1. The second-order valence-corrected chi connectivity index (χ2v) is 7.34. The highest BCUT2D eigenvalue weighted by atomic mass is 16.5. The van der Waals surface area contributed by atoms with Crippen LogP contribution in [0, 0.1) is 17.8 Å². The highest BCUT2D eigenvalue weighted by molar-refractivity contribution is 5.86. The molecule has 0 radical (unpaired) electrons. The molecule has 0 aromatic rings. The first-order valence-corrected chi connectivity index (χ1v) is 9.84. The van der Waals surface area contributed by atoms with Crippen LogP contribution < -0.4 is 5.32 Å². The maximum absolute atomic E-state index is 12.7. The molecule has 1 amide bonds. The monoisotopic (exact) mass is 361 g/mol. The average molecular weight is 362 g/mol. The molecule has 0 unspecified atom stereocenters. The Kier molecular flexibility index (Phi) is 10.0. The molecular weight excluding hydrogens is 326 g/mol. The number of carbonyl (C=O) groups is 2. The van der Waals surface area contributed by atoms with Crippen LogP contribution >= 0.6 is 0 Å². The van der Waals surface area contributed by atoms with Crippen LogP contribution in [-0.2, 0) is 14.3 Å². The van der Waals surface area contributed by atoms with Crippen LogP contribution in [0.3, 0.4) is 0 Å². The number of allylic oxidation sites excluding steroid dienone is 4. The number of rotatable bonds is 9. The van der Waals surface area contributed by atoms with Crippen LogP contribution in [0.15, 0.2) is 36.5 Å². The van der Waals surface area contributed by atoms with Crippen LogP contribution in [0.4, 0.5) is 0 Å². The Morgan fingerprint density at radius 1 is 1.23 bits per heavy atom. The summed E-state index contributed by atoms with van der Waals surface area (Å²) in [6.45, 7) is 12.3. The fraction of sp³-hybridized carbons (Fsp3) is 0.636. The van der Waals surface area contributed by atoms with E-state index < -0.39 is 6.04 Å². The Morgan fingerprint density at radius 3 is 2.38 bits per heavy atom. The lowest BCUT2D eigenvalue weighted by Gasteiger charge is -2.31. The standard InChI is InChI=1S/C22H35NO3/c1-6-9-10-17(7-2)15-20(22(25)26-8-3)23-21(24)19-13-11-18(12-14-19)16(4)5/h6-7,9-10,16,18-20H,2,8,11-15H2,1,3-5H3,(H,23,24)/b9-6-,17-10+/t18?,19?,20-/m1/s1. The molecule has 1 fully saturated rings. The zero-order valence-electron chi connectivity index (χ0n) is 16.8. The smallest absolute Gasteiger partial charge is 0.328 e. The Balaban J connectivity index is 2.74. The van der Waals surface area contributed by atoms with Crippen LogP contribution in [0.5, 0.6) is 0 Å². The third-order valence-corrected chi connectivity index (χ3v) is 5.18. The fourth-order valence-electron chi connectivity index (χ4n) is 3.45. The molecule has 0 saturated heterocycles. The zero-order valence-corrected chi connectivity index (χ0v) is 16.8. The molecule has 146 valence electrons. The fourth-order valence-corrected chi connectivity index (χ4v) is 3.45. The van der Waals surface area contributed by atoms with Gasteiger partial charge in [-0.05, 0) is 56.9 Å². The highest BCUT2D eigenvalue weighted by Gasteiger charge is 2.30. The van der Waals surface area contributed by atoms with Crippen LogP contribution in [0.25, 0.3) is 0 Å². The van der Waals surface area contributed by atoms with Gasteiger partial charge in [-0.3, -0.25) is 4.79 Å². The molecule has 4 nitrogen and oxygen atoms in total. The second kappa shape index (κ2) is 11.7. The molecule has 1 aliphatic carbocycles. The van der Waals surface area contributed by atoms with E-state index in [9.17, 15) is 9.59 Å². The van der Waals surface area contributed by atoms with Gasteiger partial charge in [0.05, 0.1) is 6.61 Å². The van der Waals surface area contributed by atoms with Crippen molar-refractivity contribution in [1.82, 2.24) is 5.32 Å². The van der Waals surface area contributed by atoms with E-state index in [4.69, 9.17) is 4.74 Å². The molecule has 1 aliphatic rings. The summed E-state index contributed by atoms with van der Waals surface area (Å²) in [5.41, 5.74) is 0.893. The van der Waals surface area contributed by atoms with E-state index in [1.54, 1.807) is 13.0 Å². The Morgan fingerprint density at radius 2 is 1.88 bits per heavy atom. The van der Waals surface area contributed by atoms with E-state index in [1.807, 2.05) is 25.2 Å². The third-order valence-electron chi connectivity index (χ3n) is 5.18. The summed E-state index contributed by atoms with van der Waals surface area (Å²) in [7, 11) is 0. The van der Waals surface area contributed by atoms with Crippen LogP contribution in [-0.4, -0.2) is 24.5 Å². The number of nitrogens with one attached hydrogen (secondary N) is 1. The normalized spacial score (nSPS) is 22.3. The molecule has 0 aliphatic heterocycles. The summed E-state index contributed by atoms with van der Waals surface area (Å²) in [5.74, 6) is 0.951. The van der Waals surface area contributed by atoms with E-state index in [1.165, 1.54) is 0 Å². The van der Waals surface area contributed by atoms with E-state index in [2.05, 4.69) is 25.7 Å². The number of ether oxygens (including phenoxy) is 1. The van der Waals surface area contributed by atoms with Gasteiger partial charge in [0, 0.05) is 12.3 Å². The topological polar surface area (TPSA) is 55.4 Å². The van der Waals surface area contributed by atoms with E-state index >= 15 is 0 Å². The van der Waals surface area contributed by atoms with Crippen molar-refractivity contribution >= 4 is 11.9 Å². The maximum atomic E-state index is 12.7. The highest BCUT2D eigenvalue weighted by Crippen LogP contribution is 2.33. The van der Waals surface area contributed by atoms with E-state index in [-0.39, 0.29) is 17.8 Å². The molecule has 1 rings (SSSR count). The van der Waals surface area contributed by atoms with Crippen molar-refractivity contribution in [2.45, 2.75) is 65.8 Å². The van der Waals surface area contributed by atoms with Gasteiger partial charge >= 0.3 is 5.97 Å². The molecule has 0 spiro atoms. The van der Waals surface area contributed by atoms with Crippen molar-refractivity contribution in [1.29, 1.82) is 0 Å². The summed E-state index contributed by atoms with van der Waals surface area (Å²) < 4.78 is 5.16. The van der Waals surface area contributed by atoms with Crippen LogP contribution in [0.1, 0.15) is 59.8 Å². The van der Waals surface area contributed by atoms with Gasteiger partial charge in [0.15, 0.2) is 0 Å². The lowest BCUT2D eigenvalue weighted by Crippen LogP contribution is -2.45. The van der Waals surface area contributed by atoms with Gasteiger partial charge in [-0.1, -0.05) is 44.7 Å². The maximum Gasteiger partial charge on any atom is 0.328 e. The average Bonchev–Trinajstić information content (AvgIpc) is 2.64. The molecule has 4 heteroatoms. The summed E-state index contributed by atoms with van der Waals surface area (Å²) in [6.07, 6.45) is 11.8. The van der Waals surface area contributed by atoms with Crippen molar-refractivity contribution in [2.24, 2.45) is 17.8 Å². The quantitative estimate of drug-likeness (QED) is 0.483. The largest absolute Gasteiger partial charge is 0.464 e.